The highest BCUT2D eigenvalue weighted by Crippen LogP contribution is 2.22. The van der Waals surface area contributed by atoms with E-state index in [2.05, 4.69) is 54.1 Å². The second-order valence-corrected chi connectivity index (χ2v) is 5.12. The molecule has 1 aromatic heterocycles. The number of aryl methyl sites for hydroxylation is 2. The van der Waals surface area contributed by atoms with E-state index in [0.29, 0.717) is 6.54 Å². The highest BCUT2D eigenvalue weighted by Gasteiger charge is 2.11. The van der Waals surface area contributed by atoms with Crippen LogP contribution in [0.4, 0.5) is 5.69 Å². The molecular weight excluding hydrogens is 246 g/mol. The van der Waals surface area contributed by atoms with E-state index >= 15 is 0 Å². The van der Waals surface area contributed by atoms with Gasteiger partial charge >= 0.3 is 0 Å². The molecule has 1 heterocycles. The zero-order chi connectivity index (χ0) is 14.4. The minimum absolute atomic E-state index is 0.712. The van der Waals surface area contributed by atoms with Gasteiger partial charge in [-0.2, -0.15) is 0 Å². The summed E-state index contributed by atoms with van der Waals surface area (Å²) in [6, 6.07) is 12.6. The first-order chi connectivity index (χ1) is 9.72. The molecule has 2 N–H and O–H groups in total. The number of hydrogen-bond acceptors (Lipinski definition) is 3. The maximum Gasteiger partial charge on any atom is 0.0626 e. The van der Waals surface area contributed by atoms with Gasteiger partial charge in [-0.15, -0.1) is 0 Å². The number of nitrogens with zero attached hydrogens (tertiary/aromatic N) is 2. The Hall–Kier alpha value is -1.87. The summed E-state index contributed by atoms with van der Waals surface area (Å²) in [4.78, 5) is 6.88. The third-order valence-corrected chi connectivity index (χ3v) is 3.55. The molecule has 20 heavy (non-hydrogen) atoms. The molecule has 3 heteroatoms. The molecule has 0 spiro atoms. The van der Waals surface area contributed by atoms with Crippen LogP contribution in [0.1, 0.15) is 23.2 Å². The van der Waals surface area contributed by atoms with Gasteiger partial charge in [-0.1, -0.05) is 24.3 Å². The van der Waals surface area contributed by atoms with Gasteiger partial charge in [0, 0.05) is 18.4 Å². The van der Waals surface area contributed by atoms with E-state index in [-0.39, 0.29) is 0 Å². The highest BCUT2D eigenvalue weighted by molar-refractivity contribution is 5.53. The van der Waals surface area contributed by atoms with Crippen molar-refractivity contribution in [3.63, 3.8) is 0 Å². The van der Waals surface area contributed by atoms with E-state index in [9.17, 15) is 0 Å². The smallest absolute Gasteiger partial charge is 0.0626 e. The topological polar surface area (TPSA) is 42.1 Å². The van der Waals surface area contributed by atoms with Gasteiger partial charge in [0.15, 0.2) is 0 Å². The largest absolute Gasteiger partial charge is 0.365 e. The molecule has 0 aliphatic carbocycles. The normalized spacial score (nSPS) is 10.6. The molecule has 0 aliphatic heterocycles. The van der Waals surface area contributed by atoms with E-state index in [1.54, 1.807) is 0 Å². The second-order valence-electron chi connectivity index (χ2n) is 5.12. The Bertz CT molecular complexity index is 551. The lowest BCUT2D eigenvalue weighted by Gasteiger charge is -2.26. The lowest BCUT2D eigenvalue weighted by Crippen LogP contribution is -2.27. The van der Waals surface area contributed by atoms with E-state index in [1.165, 1.54) is 16.8 Å². The van der Waals surface area contributed by atoms with Crippen molar-refractivity contribution in [2.45, 2.75) is 26.8 Å². The number of para-hydroxylation sites is 1. The van der Waals surface area contributed by atoms with E-state index in [1.807, 2.05) is 12.3 Å². The van der Waals surface area contributed by atoms with Gasteiger partial charge in [0.05, 0.1) is 12.2 Å². The van der Waals surface area contributed by atoms with Crippen LogP contribution in [0.2, 0.25) is 0 Å². The second kappa shape index (κ2) is 7.06. The Balaban J connectivity index is 2.24. The van der Waals surface area contributed by atoms with Gasteiger partial charge in [0.1, 0.15) is 0 Å². The highest BCUT2D eigenvalue weighted by atomic mass is 15.1. The number of hydrogen-bond donors (Lipinski definition) is 1. The van der Waals surface area contributed by atoms with Gasteiger partial charge in [0.2, 0.25) is 0 Å². The van der Waals surface area contributed by atoms with Crippen molar-refractivity contribution in [1.82, 2.24) is 4.98 Å². The monoisotopic (exact) mass is 269 g/mol. The van der Waals surface area contributed by atoms with Gasteiger partial charge < -0.3 is 10.6 Å². The summed E-state index contributed by atoms with van der Waals surface area (Å²) in [7, 11) is 0. The van der Waals surface area contributed by atoms with Crippen LogP contribution < -0.4 is 10.6 Å². The summed E-state index contributed by atoms with van der Waals surface area (Å²) >= 11 is 0. The first kappa shape index (κ1) is 14.5. The number of nitrogens with two attached hydrogens (primary N) is 1. The molecule has 2 rings (SSSR count). The van der Waals surface area contributed by atoms with Crippen molar-refractivity contribution in [3.8, 4) is 0 Å². The fourth-order valence-electron chi connectivity index (χ4n) is 2.35. The van der Waals surface area contributed by atoms with Crippen LogP contribution in [0.5, 0.6) is 0 Å². The summed E-state index contributed by atoms with van der Waals surface area (Å²) in [5.41, 5.74) is 10.6. The molecule has 0 amide bonds. The summed E-state index contributed by atoms with van der Waals surface area (Å²) in [5, 5.41) is 0. The average Bonchev–Trinajstić information content (AvgIpc) is 2.46. The molecule has 0 atom stereocenters. The van der Waals surface area contributed by atoms with Gasteiger partial charge in [-0.05, 0) is 50.1 Å². The first-order valence-corrected chi connectivity index (χ1v) is 7.13. The first-order valence-electron chi connectivity index (χ1n) is 7.13. The third kappa shape index (κ3) is 3.58. The lowest BCUT2D eigenvalue weighted by atomic mass is 10.1. The molecule has 1 aromatic carbocycles. The van der Waals surface area contributed by atoms with Crippen LogP contribution in [0.15, 0.2) is 42.6 Å². The Morgan fingerprint density at radius 1 is 1.05 bits per heavy atom. The molecule has 0 saturated carbocycles. The van der Waals surface area contributed by atoms with Crippen molar-refractivity contribution in [2.75, 3.05) is 18.0 Å². The van der Waals surface area contributed by atoms with Crippen LogP contribution in [-0.2, 0) is 6.54 Å². The quantitative estimate of drug-likeness (QED) is 0.876. The van der Waals surface area contributed by atoms with Crippen LogP contribution in [0.3, 0.4) is 0 Å². The van der Waals surface area contributed by atoms with Crippen molar-refractivity contribution >= 4 is 5.69 Å². The molecule has 0 saturated heterocycles. The van der Waals surface area contributed by atoms with Crippen LogP contribution in [0, 0.1) is 13.8 Å². The van der Waals surface area contributed by atoms with Crippen LogP contribution in [0.25, 0.3) is 0 Å². The number of rotatable bonds is 6. The van der Waals surface area contributed by atoms with Crippen LogP contribution >= 0.6 is 0 Å². The molecule has 2 aromatic rings. The summed E-state index contributed by atoms with van der Waals surface area (Å²) in [5.74, 6) is 0. The Morgan fingerprint density at radius 2 is 1.80 bits per heavy atom. The molecule has 0 fully saturated rings. The molecular formula is C17H23N3. The maximum atomic E-state index is 5.67. The van der Waals surface area contributed by atoms with E-state index < -0.39 is 0 Å². The fraction of sp³-hybridized carbons (Fsp3) is 0.353. The number of benzene rings is 1. The van der Waals surface area contributed by atoms with Crippen LogP contribution in [-0.4, -0.2) is 18.1 Å². The zero-order valence-electron chi connectivity index (χ0n) is 12.3. The molecule has 106 valence electrons. The van der Waals surface area contributed by atoms with Crippen molar-refractivity contribution in [1.29, 1.82) is 0 Å². The van der Waals surface area contributed by atoms with Gasteiger partial charge in [-0.3, -0.25) is 4.98 Å². The summed E-state index contributed by atoms with van der Waals surface area (Å²) < 4.78 is 0. The minimum Gasteiger partial charge on any atom is -0.365 e. The Labute approximate surface area is 121 Å². The molecule has 0 aliphatic rings. The SMILES string of the molecule is Cc1ccccc1N(CCCN)Cc1ncccc1C. The Morgan fingerprint density at radius 3 is 2.50 bits per heavy atom. The van der Waals surface area contributed by atoms with Gasteiger partial charge in [-0.25, -0.2) is 0 Å². The van der Waals surface area contributed by atoms with Crippen molar-refractivity contribution < 1.29 is 0 Å². The lowest BCUT2D eigenvalue weighted by molar-refractivity contribution is 0.721. The molecule has 0 bridgehead atoms. The van der Waals surface area contributed by atoms with E-state index in [4.69, 9.17) is 5.73 Å². The Kier molecular flexibility index (Phi) is 5.13. The van der Waals surface area contributed by atoms with E-state index in [0.717, 1.165) is 25.2 Å². The molecule has 0 unspecified atom stereocenters. The zero-order valence-corrected chi connectivity index (χ0v) is 12.3. The summed E-state index contributed by atoms with van der Waals surface area (Å²) in [6.45, 7) is 6.76. The predicted molar refractivity (Wildman–Crippen MR) is 84.9 cm³/mol. The average molecular weight is 269 g/mol. The number of aromatic nitrogens is 1. The number of anilines is 1. The number of pyridine rings is 1. The third-order valence-electron chi connectivity index (χ3n) is 3.55. The molecule has 3 nitrogen and oxygen atoms in total. The van der Waals surface area contributed by atoms with Crippen molar-refractivity contribution in [3.05, 3.63) is 59.4 Å². The molecule has 0 radical (unpaired) electrons. The van der Waals surface area contributed by atoms with Gasteiger partial charge in [0.25, 0.3) is 0 Å². The van der Waals surface area contributed by atoms with Crippen molar-refractivity contribution in [2.24, 2.45) is 5.73 Å². The predicted octanol–water partition coefficient (Wildman–Crippen LogP) is 3.05. The fourth-order valence-corrected chi connectivity index (χ4v) is 2.35. The standard InChI is InChI=1S/C17H23N3/c1-14-8-5-11-19-16(14)13-20(12-6-10-18)17-9-4-3-7-15(17)2/h3-5,7-9,11H,6,10,12-13,18H2,1-2H3. The maximum absolute atomic E-state index is 5.67. The summed E-state index contributed by atoms with van der Waals surface area (Å²) in [6.07, 6.45) is 2.85. The minimum atomic E-state index is 0.712.